The number of hydrogen-bond donors (Lipinski definition) is 0. The van der Waals surface area contributed by atoms with Crippen LogP contribution in [0.15, 0.2) is 36.7 Å². The molecule has 0 unspecified atom stereocenters. The molecule has 0 N–H and O–H groups in total. The molecule has 0 aliphatic carbocycles. The van der Waals surface area contributed by atoms with Crippen molar-refractivity contribution in [2.75, 3.05) is 0 Å². The second-order valence-corrected chi connectivity index (χ2v) is 7.25. The Balaban J connectivity index is 0.00000324. The SMILES string of the molecule is CC(C)(c1ccnc(-n2[c-]cc(C(F)(F)F)n2)n1)c1ccnc(-n2[c-]cc(C(F)(F)F)n2)n1.[Pt+2]. The topological polar surface area (TPSA) is 87.2 Å². The fourth-order valence-corrected chi connectivity index (χ4v) is 2.79. The Kier molecular flexibility index (Phi) is 6.66. The van der Waals surface area contributed by atoms with Gasteiger partial charge < -0.3 is 9.36 Å². The molecule has 0 saturated heterocycles. The van der Waals surface area contributed by atoms with E-state index in [2.05, 4.69) is 42.5 Å². The molecule has 0 fully saturated rings. The van der Waals surface area contributed by atoms with Crippen molar-refractivity contribution in [1.82, 2.24) is 39.5 Å². The van der Waals surface area contributed by atoms with Gasteiger partial charge in [-0.05, 0) is 26.0 Å². The van der Waals surface area contributed by atoms with E-state index >= 15 is 0 Å². The zero-order valence-electron chi connectivity index (χ0n) is 17.1. The summed E-state index contributed by atoms with van der Waals surface area (Å²) < 4.78 is 78.5. The molecule has 4 aromatic rings. The fraction of sp³-hybridized carbons (Fsp3) is 0.263. The number of alkyl halides is 6. The summed E-state index contributed by atoms with van der Waals surface area (Å²) in [5.74, 6) is -0.304. The zero-order valence-corrected chi connectivity index (χ0v) is 19.4. The van der Waals surface area contributed by atoms with Gasteiger partial charge in [-0.15, -0.1) is 12.1 Å². The molecular weight excluding hydrogens is 649 g/mol. The summed E-state index contributed by atoms with van der Waals surface area (Å²) in [6.45, 7) is 3.43. The van der Waals surface area contributed by atoms with E-state index in [1.807, 2.05) is 0 Å². The van der Waals surface area contributed by atoms with Crippen molar-refractivity contribution in [2.45, 2.75) is 31.6 Å². The molecule has 15 heteroatoms. The maximum atomic E-state index is 12.8. The van der Waals surface area contributed by atoms with Crippen molar-refractivity contribution < 1.29 is 47.4 Å². The number of nitrogens with zero attached hydrogens (tertiary/aromatic N) is 8. The van der Waals surface area contributed by atoms with E-state index in [4.69, 9.17) is 0 Å². The van der Waals surface area contributed by atoms with E-state index in [0.29, 0.717) is 23.5 Å². The smallest absolute Gasteiger partial charge is 0.328 e. The summed E-state index contributed by atoms with van der Waals surface area (Å²) in [4.78, 5) is 16.4. The minimum Gasteiger partial charge on any atom is -0.328 e. The summed E-state index contributed by atoms with van der Waals surface area (Å²) in [5, 5.41) is 6.80. The van der Waals surface area contributed by atoms with E-state index in [-0.39, 0.29) is 33.0 Å². The maximum Gasteiger partial charge on any atom is 2.00 e. The first-order valence-corrected chi connectivity index (χ1v) is 9.13. The molecule has 0 aromatic carbocycles. The van der Waals surface area contributed by atoms with E-state index in [1.54, 1.807) is 13.8 Å². The Morgan fingerprint density at radius 1 is 0.676 bits per heavy atom. The Labute approximate surface area is 202 Å². The molecule has 0 radical (unpaired) electrons. The van der Waals surface area contributed by atoms with Gasteiger partial charge in [0.1, 0.15) is 11.9 Å². The van der Waals surface area contributed by atoms with Crippen LogP contribution in [0.1, 0.15) is 36.6 Å². The van der Waals surface area contributed by atoms with Crippen molar-refractivity contribution in [1.29, 1.82) is 0 Å². The molecule has 0 atom stereocenters. The van der Waals surface area contributed by atoms with Gasteiger partial charge in [-0.1, -0.05) is 12.4 Å². The molecule has 180 valence electrons. The van der Waals surface area contributed by atoms with Crippen molar-refractivity contribution in [3.8, 4) is 11.9 Å². The van der Waals surface area contributed by atoms with Crippen LogP contribution in [-0.2, 0) is 38.8 Å². The minimum absolute atomic E-state index is 0. The van der Waals surface area contributed by atoms with Gasteiger partial charge in [0.15, 0.2) is 0 Å². The standard InChI is InChI=1S/C19H12F6N8.Pt/c1-17(2,11-3-7-26-15(28-11)32-9-5-13(30-32)18(20,21)22)12-4-8-27-16(29-12)33-10-6-14(31-33)19(23,24)25;/h3-8H,1-2H3;/q-2;+2. The molecule has 0 aliphatic rings. The van der Waals surface area contributed by atoms with E-state index < -0.39 is 29.2 Å². The van der Waals surface area contributed by atoms with Crippen LogP contribution in [0, 0.1) is 12.4 Å². The largest absolute Gasteiger partial charge is 2.00 e. The van der Waals surface area contributed by atoms with Crippen LogP contribution >= 0.6 is 0 Å². The minimum atomic E-state index is -4.65. The van der Waals surface area contributed by atoms with Gasteiger partial charge in [0.05, 0.1) is 11.4 Å². The van der Waals surface area contributed by atoms with E-state index in [9.17, 15) is 26.3 Å². The first-order chi connectivity index (χ1) is 15.4. The van der Waals surface area contributed by atoms with Crippen LogP contribution < -0.4 is 0 Å². The van der Waals surface area contributed by atoms with Crippen molar-refractivity contribution >= 4 is 0 Å². The molecule has 0 saturated carbocycles. The van der Waals surface area contributed by atoms with Crippen LogP contribution in [0.5, 0.6) is 0 Å². The Morgan fingerprint density at radius 3 is 1.38 bits per heavy atom. The van der Waals surface area contributed by atoms with Gasteiger partial charge in [0.2, 0.25) is 0 Å². The van der Waals surface area contributed by atoms with Crippen LogP contribution in [0.25, 0.3) is 11.9 Å². The molecular formula is C19H12F6N8Pt. The molecule has 34 heavy (non-hydrogen) atoms. The first-order valence-electron chi connectivity index (χ1n) is 9.13. The average Bonchev–Trinajstić information content (AvgIpc) is 3.44. The molecule has 0 aliphatic heterocycles. The maximum absolute atomic E-state index is 12.8. The van der Waals surface area contributed by atoms with Crippen LogP contribution in [0.2, 0.25) is 0 Å². The predicted octanol–water partition coefficient (Wildman–Crippen LogP) is 3.60. The summed E-state index contributed by atoms with van der Waals surface area (Å²) >= 11 is 0. The third-order valence-corrected chi connectivity index (χ3v) is 4.59. The quantitative estimate of drug-likeness (QED) is 0.246. The van der Waals surface area contributed by atoms with Gasteiger partial charge in [0.25, 0.3) is 0 Å². The van der Waals surface area contributed by atoms with Gasteiger partial charge >= 0.3 is 33.4 Å². The van der Waals surface area contributed by atoms with Crippen LogP contribution in [-0.4, -0.2) is 39.5 Å². The summed E-state index contributed by atoms with van der Waals surface area (Å²) in [6.07, 6.45) is -1.99. The second kappa shape index (κ2) is 8.89. The molecule has 0 bridgehead atoms. The third kappa shape index (κ3) is 5.01. The summed E-state index contributed by atoms with van der Waals surface area (Å²) in [6, 6.07) is 4.41. The Bertz CT molecular complexity index is 1200. The number of hydrogen-bond acceptors (Lipinski definition) is 6. The third-order valence-electron chi connectivity index (χ3n) is 4.59. The number of halogens is 6. The molecule has 0 amide bonds. The van der Waals surface area contributed by atoms with E-state index in [0.717, 1.165) is 9.36 Å². The van der Waals surface area contributed by atoms with Crippen molar-refractivity contribution in [3.05, 3.63) is 71.8 Å². The molecule has 8 nitrogen and oxygen atoms in total. The Hall–Kier alpha value is -3.15. The summed E-state index contributed by atoms with van der Waals surface area (Å²) in [7, 11) is 0. The van der Waals surface area contributed by atoms with Crippen LogP contribution in [0.4, 0.5) is 26.3 Å². The second-order valence-electron chi connectivity index (χ2n) is 7.25. The monoisotopic (exact) mass is 661 g/mol. The average molecular weight is 661 g/mol. The number of aromatic nitrogens is 8. The predicted molar refractivity (Wildman–Crippen MR) is 98.1 cm³/mol. The zero-order chi connectivity index (χ0) is 24.0. The molecule has 0 spiro atoms. The first kappa shape index (κ1) is 25.5. The molecule has 4 aromatic heterocycles. The van der Waals surface area contributed by atoms with E-state index in [1.165, 1.54) is 24.5 Å². The van der Waals surface area contributed by atoms with Gasteiger partial charge in [0, 0.05) is 29.2 Å². The van der Waals surface area contributed by atoms with Crippen LogP contribution in [0.3, 0.4) is 0 Å². The number of rotatable bonds is 4. The molecule has 4 heterocycles. The normalized spacial score (nSPS) is 12.5. The Morgan fingerprint density at radius 2 is 1.06 bits per heavy atom. The fourth-order valence-electron chi connectivity index (χ4n) is 2.79. The molecule has 4 rings (SSSR count). The summed E-state index contributed by atoms with van der Waals surface area (Å²) in [5.41, 5.74) is -2.53. The van der Waals surface area contributed by atoms with Gasteiger partial charge in [-0.3, -0.25) is 30.1 Å². The van der Waals surface area contributed by atoms with Gasteiger partial charge in [-0.25, -0.2) is 0 Å². The van der Waals surface area contributed by atoms with Crippen molar-refractivity contribution in [3.63, 3.8) is 0 Å². The van der Waals surface area contributed by atoms with Gasteiger partial charge in [-0.2, -0.15) is 26.3 Å². The van der Waals surface area contributed by atoms with Crippen molar-refractivity contribution in [2.24, 2.45) is 0 Å².